The van der Waals surface area contributed by atoms with E-state index >= 15 is 0 Å². The minimum absolute atomic E-state index is 0.296. The third-order valence-corrected chi connectivity index (χ3v) is 5.37. The van der Waals surface area contributed by atoms with Crippen LogP contribution in [-0.2, 0) is 4.79 Å². The molecule has 9 heteroatoms. The van der Waals surface area contributed by atoms with E-state index in [-0.39, 0.29) is 5.91 Å². The number of fused-ring (bicyclic) bond motifs is 1. The van der Waals surface area contributed by atoms with Gasteiger partial charge in [0.2, 0.25) is 5.95 Å². The van der Waals surface area contributed by atoms with E-state index in [9.17, 15) is 4.79 Å². The van der Waals surface area contributed by atoms with Crippen LogP contribution in [-0.4, -0.2) is 42.0 Å². The van der Waals surface area contributed by atoms with E-state index in [4.69, 9.17) is 14.2 Å². The Labute approximate surface area is 186 Å². The number of anilines is 2. The highest BCUT2D eigenvalue weighted by molar-refractivity contribution is 6.06. The number of carbonyl (C=O) groups is 1. The van der Waals surface area contributed by atoms with E-state index in [0.717, 1.165) is 11.1 Å². The molecule has 2 aromatic carbocycles. The fourth-order valence-electron chi connectivity index (χ4n) is 3.91. The number of benzene rings is 2. The highest BCUT2D eigenvalue weighted by Gasteiger charge is 2.36. The molecule has 4 rings (SSSR count). The molecule has 32 heavy (non-hydrogen) atoms. The number of carbonyl (C=O) groups excluding carboxylic acids is 1. The van der Waals surface area contributed by atoms with Crippen molar-refractivity contribution in [3.05, 3.63) is 65.1 Å². The molecule has 1 atom stereocenters. The van der Waals surface area contributed by atoms with Crippen molar-refractivity contribution in [2.24, 2.45) is 0 Å². The number of amides is 1. The number of allylic oxidation sites excluding steroid dienone is 1. The highest BCUT2D eigenvalue weighted by atomic mass is 16.5. The van der Waals surface area contributed by atoms with Gasteiger partial charge in [-0.3, -0.25) is 4.79 Å². The third kappa shape index (κ3) is 3.62. The Morgan fingerprint density at radius 2 is 1.84 bits per heavy atom. The second kappa shape index (κ2) is 8.62. The third-order valence-electron chi connectivity index (χ3n) is 5.37. The quantitative estimate of drug-likeness (QED) is 0.611. The van der Waals surface area contributed by atoms with Crippen LogP contribution in [0.25, 0.3) is 0 Å². The van der Waals surface area contributed by atoms with Crippen LogP contribution < -0.4 is 24.8 Å². The second-order valence-electron chi connectivity index (χ2n) is 7.34. The molecule has 0 saturated heterocycles. The summed E-state index contributed by atoms with van der Waals surface area (Å²) in [7, 11) is 4.71. The first kappa shape index (κ1) is 21.2. The molecule has 1 aliphatic rings. The topological polar surface area (TPSA) is 99.5 Å². The molecule has 0 spiro atoms. The van der Waals surface area contributed by atoms with Gasteiger partial charge in [0.05, 0.1) is 32.6 Å². The average Bonchev–Trinajstić information content (AvgIpc) is 3.25. The number of aromatic nitrogens is 3. The maximum absolute atomic E-state index is 13.6. The standard InChI is InChI=1S/C23H25N5O4/c1-13-9-10-17(30-3)16(11-13)27-22(29)19-14(2)26-23-24-12-25-28(23)20(19)15-7-6-8-18(31-4)21(15)32-5/h6-12,20H,1-5H3,(H,27,29)(H,24,25,26)/t20-/m1/s1. The number of hydrogen-bond acceptors (Lipinski definition) is 7. The number of hydrogen-bond donors (Lipinski definition) is 2. The van der Waals surface area contributed by atoms with E-state index in [2.05, 4.69) is 20.7 Å². The minimum atomic E-state index is -0.588. The molecule has 0 unspecified atom stereocenters. The van der Waals surface area contributed by atoms with Crippen LogP contribution in [0.5, 0.6) is 17.2 Å². The Morgan fingerprint density at radius 3 is 2.56 bits per heavy atom. The number of nitrogens with zero attached hydrogens (tertiary/aromatic N) is 3. The van der Waals surface area contributed by atoms with E-state index in [1.54, 1.807) is 32.1 Å². The summed E-state index contributed by atoms with van der Waals surface area (Å²) in [5.74, 6) is 1.89. The molecule has 166 valence electrons. The van der Waals surface area contributed by atoms with Crippen LogP contribution in [0.15, 0.2) is 54.0 Å². The lowest BCUT2D eigenvalue weighted by atomic mass is 9.94. The Bertz CT molecular complexity index is 1200. The smallest absolute Gasteiger partial charge is 0.255 e. The molecule has 2 N–H and O–H groups in total. The first-order valence-corrected chi connectivity index (χ1v) is 10.0. The predicted molar refractivity (Wildman–Crippen MR) is 120 cm³/mol. The molecule has 1 aliphatic heterocycles. The molecule has 0 fully saturated rings. The highest BCUT2D eigenvalue weighted by Crippen LogP contribution is 2.43. The van der Waals surface area contributed by atoms with Gasteiger partial charge in [0, 0.05) is 11.3 Å². The molecule has 9 nitrogen and oxygen atoms in total. The van der Waals surface area contributed by atoms with Gasteiger partial charge in [-0.15, -0.1) is 0 Å². The van der Waals surface area contributed by atoms with Crippen molar-refractivity contribution in [1.29, 1.82) is 0 Å². The van der Waals surface area contributed by atoms with Crippen molar-refractivity contribution in [1.82, 2.24) is 14.8 Å². The number of methoxy groups -OCH3 is 3. The van der Waals surface area contributed by atoms with Crippen molar-refractivity contribution >= 4 is 17.5 Å². The summed E-state index contributed by atoms with van der Waals surface area (Å²) in [6.45, 7) is 3.79. The van der Waals surface area contributed by atoms with E-state index < -0.39 is 6.04 Å². The van der Waals surface area contributed by atoms with Crippen LogP contribution in [0, 0.1) is 6.92 Å². The zero-order valence-corrected chi connectivity index (χ0v) is 18.6. The Balaban J connectivity index is 1.84. The largest absolute Gasteiger partial charge is 0.495 e. The molecular weight excluding hydrogens is 410 g/mol. The van der Waals surface area contributed by atoms with E-state index in [0.29, 0.717) is 40.2 Å². The fraction of sp³-hybridized carbons (Fsp3) is 0.261. The molecule has 0 saturated carbocycles. The SMILES string of the molecule is COc1ccc(C)cc1NC(=O)C1=C(C)Nc2ncnn2[C@@H]1c1cccc(OC)c1OC. The summed E-state index contributed by atoms with van der Waals surface area (Å²) < 4.78 is 18.2. The van der Waals surface area contributed by atoms with Gasteiger partial charge >= 0.3 is 0 Å². The van der Waals surface area contributed by atoms with Gasteiger partial charge < -0.3 is 24.8 Å². The summed E-state index contributed by atoms with van der Waals surface area (Å²) >= 11 is 0. The number of rotatable bonds is 6. The second-order valence-corrected chi connectivity index (χ2v) is 7.34. The van der Waals surface area contributed by atoms with Gasteiger partial charge in [0.1, 0.15) is 18.1 Å². The predicted octanol–water partition coefficient (Wildman–Crippen LogP) is 3.54. The number of nitrogens with one attached hydrogen (secondary N) is 2. The summed E-state index contributed by atoms with van der Waals surface area (Å²) in [5.41, 5.74) is 3.43. The number of aryl methyl sites for hydroxylation is 1. The van der Waals surface area contributed by atoms with Gasteiger partial charge in [-0.05, 0) is 37.6 Å². The summed E-state index contributed by atoms with van der Waals surface area (Å²) in [5, 5.41) is 10.5. The normalized spacial score (nSPS) is 15.0. The van der Waals surface area contributed by atoms with Crippen LogP contribution in [0.2, 0.25) is 0 Å². The maximum atomic E-state index is 13.6. The zero-order valence-electron chi connectivity index (χ0n) is 18.6. The number of ether oxygens (including phenoxy) is 3. The lowest BCUT2D eigenvalue weighted by Crippen LogP contribution is -2.31. The van der Waals surface area contributed by atoms with Crippen LogP contribution in [0.3, 0.4) is 0 Å². The Kier molecular flexibility index (Phi) is 5.72. The Morgan fingerprint density at radius 1 is 1.06 bits per heavy atom. The van der Waals surface area contributed by atoms with E-state index in [1.165, 1.54) is 6.33 Å². The van der Waals surface area contributed by atoms with Gasteiger partial charge in [0.15, 0.2) is 11.5 Å². The first-order valence-electron chi connectivity index (χ1n) is 10.0. The lowest BCUT2D eigenvalue weighted by Gasteiger charge is -2.30. The molecule has 3 aromatic rings. The van der Waals surface area contributed by atoms with Crippen LogP contribution >= 0.6 is 0 Å². The van der Waals surface area contributed by atoms with Crippen molar-refractivity contribution < 1.29 is 19.0 Å². The first-order chi connectivity index (χ1) is 15.5. The van der Waals surface area contributed by atoms with E-state index in [1.807, 2.05) is 44.2 Å². The fourth-order valence-corrected chi connectivity index (χ4v) is 3.91. The summed E-state index contributed by atoms with van der Waals surface area (Å²) in [4.78, 5) is 17.9. The van der Waals surface area contributed by atoms with Crippen LogP contribution in [0.4, 0.5) is 11.6 Å². The number of para-hydroxylation sites is 1. The van der Waals surface area contributed by atoms with Gasteiger partial charge in [-0.1, -0.05) is 18.2 Å². The van der Waals surface area contributed by atoms with Crippen molar-refractivity contribution in [2.75, 3.05) is 32.0 Å². The summed E-state index contributed by atoms with van der Waals surface area (Å²) in [6, 6.07) is 10.6. The molecular formula is C23H25N5O4. The molecule has 0 aliphatic carbocycles. The van der Waals surface area contributed by atoms with Gasteiger partial charge in [-0.2, -0.15) is 10.1 Å². The van der Waals surface area contributed by atoms with Crippen LogP contribution in [0.1, 0.15) is 24.1 Å². The molecule has 2 heterocycles. The minimum Gasteiger partial charge on any atom is -0.495 e. The van der Waals surface area contributed by atoms with Crippen molar-refractivity contribution in [3.8, 4) is 17.2 Å². The molecule has 0 radical (unpaired) electrons. The Hall–Kier alpha value is -4.01. The average molecular weight is 435 g/mol. The molecule has 0 bridgehead atoms. The van der Waals surface area contributed by atoms with Crippen molar-refractivity contribution in [3.63, 3.8) is 0 Å². The maximum Gasteiger partial charge on any atom is 0.255 e. The van der Waals surface area contributed by atoms with Crippen molar-refractivity contribution in [2.45, 2.75) is 19.9 Å². The summed E-state index contributed by atoms with van der Waals surface area (Å²) in [6.07, 6.45) is 1.44. The molecule has 1 amide bonds. The van der Waals surface area contributed by atoms with Gasteiger partial charge in [0.25, 0.3) is 5.91 Å². The molecule has 1 aromatic heterocycles. The lowest BCUT2D eigenvalue weighted by molar-refractivity contribution is -0.113. The monoisotopic (exact) mass is 435 g/mol. The van der Waals surface area contributed by atoms with Gasteiger partial charge in [-0.25, -0.2) is 4.68 Å². The zero-order chi connectivity index (χ0) is 22.8.